The molecule has 0 unspecified atom stereocenters. The van der Waals surface area contributed by atoms with Crippen molar-refractivity contribution in [2.24, 2.45) is 35.5 Å². The van der Waals surface area contributed by atoms with Crippen LogP contribution in [0.4, 0.5) is 0 Å². The zero-order valence-electron chi connectivity index (χ0n) is 40.4. The molecule has 0 aromatic rings. The van der Waals surface area contributed by atoms with Crippen LogP contribution in [0, 0.1) is 35.5 Å². The minimum absolute atomic E-state index is 0.0117. The van der Waals surface area contributed by atoms with Gasteiger partial charge in [-0.15, -0.1) is 0 Å². The maximum Gasteiger partial charge on any atom is 0.329 e. The molecule has 1 saturated heterocycles. The molecule has 65 heavy (non-hydrogen) atoms. The predicted octanol–water partition coefficient (Wildman–Crippen LogP) is 5.96. The number of amides is 1. The van der Waals surface area contributed by atoms with Gasteiger partial charge in [0, 0.05) is 58.5 Å². The monoisotopic (exact) mass is 912 g/mol. The predicted molar refractivity (Wildman–Crippen MR) is 245 cm³/mol. The number of nitrogens with zero attached hydrogens (tertiary/aromatic N) is 1. The summed E-state index contributed by atoms with van der Waals surface area (Å²) in [6.07, 6.45) is 13.1. The van der Waals surface area contributed by atoms with Crippen molar-refractivity contribution < 1.29 is 63.0 Å². The highest BCUT2D eigenvalue weighted by atomic mass is 16.6. The summed E-state index contributed by atoms with van der Waals surface area (Å²) in [5.74, 6) is -8.37. The van der Waals surface area contributed by atoms with Crippen molar-refractivity contribution in [1.29, 1.82) is 0 Å². The van der Waals surface area contributed by atoms with Crippen LogP contribution < -0.4 is 0 Å². The number of rotatable bonds is 6. The van der Waals surface area contributed by atoms with Gasteiger partial charge in [-0.2, -0.15) is 0 Å². The van der Waals surface area contributed by atoms with Crippen molar-refractivity contribution in [1.82, 2.24) is 4.90 Å². The number of cyclic esters (lactones) is 1. The number of ketones is 3. The molecular formula is C51H77NO13. The van der Waals surface area contributed by atoms with Crippen LogP contribution in [0.25, 0.3) is 0 Å². The van der Waals surface area contributed by atoms with Gasteiger partial charge in [0.15, 0.2) is 5.78 Å². The summed E-state index contributed by atoms with van der Waals surface area (Å²) in [6, 6.07) is -1.16. The van der Waals surface area contributed by atoms with Gasteiger partial charge >= 0.3 is 5.97 Å². The molecule has 15 atom stereocenters. The summed E-state index contributed by atoms with van der Waals surface area (Å²) >= 11 is 0. The fourth-order valence-corrected chi connectivity index (χ4v) is 9.77. The number of hydrogen-bond donors (Lipinski definition) is 3. The number of allylic oxidation sites excluding steroid dienone is 6. The van der Waals surface area contributed by atoms with Crippen LogP contribution >= 0.6 is 0 Å². The van der Waals surface area contributed by atoms with Gasteiger partial charge in [0.2, 0.25) is 5.79 Å². The summed E-state index contributed by atoms with van der Waals surface area (Å²) < 4.78 is 29.2. The largest absolute Gasteiger partial charge is 0.460 e. The lowest BCUT2D eigenvalue weighted by molar-refractivity contribution is -0.239. The number of hydrogen-bond acceptors (Lipinski definition) is 13. The number of piperidine rings is 1. The van der Waals surface area contributed by atoms with E-state index in [1.807, 2.05) is 58.1 Å². The number of esters is 1. The lowest BCUT2D eigenvalue weighted by Gasteiger charge is -2.40. The molecular weight excluding hydrogens is 835 g/mol. The lowest BCUT2D eigenvalue weighted by Crippen LogP contribution is -2.60. The third kappa shape index (κ3) is 14.2. The quantitative estimate of drug-likeness (QED) is 0.161. The Kier molecular flexibility index (Phi) is 20.7. The molecule has 1 saturated carbocycles. The number of aliphatic hydroxyl groups excluding tert-OH is 2. The average Bonchev–Trinajstić information content (AvgIpc) is 3.28. The first-order valence-corrected chi connectivity index (χ1v) is 23.6. The van der Waals surface area contributed by atoms with Crippen LogP contribution in [0.1, 0.15) is 113 Å². The second-order valence-corrected chi connectivity index (χ2v) is 19.2. The van der Waals surface area contributed by atoms with E-state index in [1.165, 1.54) is 12.0 Å². The molecule has 2 fully saturated rings. The molecule has 3 heterocycles. The lowest BCUT2D eigenvalue weighted by atomic mass is 9.78. The standard InChI is InChI=1S/C51H77NO13/c1-30-16-12-11-13-17-31(2)42(61-8)28-38-21-19-36(7)51(60,65-38)48(57)49(58)52-23-15-14-18-39(52)50(59)64-43(33(4)26-37-20-22-40(53)44(27-37)62-9)29-41(54)32(3)25-35(6)46(56)47(63-10)45(55)34(5)24-30/h11-13,16-17,19,21,25,30,32-34,36-40,42-44,46-47,53,56,60H,14-15,18,20,22-24,26-29H2,1-10H3/b13-11+,16-12-,31-17+,35-25+/t30-,32-,33-,34-,36-,37+,38+,39+,40-,42+,43+,44-,46-,47+,51-/m1/s1. The van der Waals surface area contributed by atoms with E-state index in [0.717, 1.165) is 12.0 Å². The molecule has 2 bridgehead atoms. The third-order valence-electron chi connectivity index (χ3n) is 14.1. The summed E-state index contributed by atoms with van der Waals surface area (Å²) in [5, 5.41) is 33.8. The Morgan fingerprint density at radius 2 is 1.57 bits per heavy atom. The topological polar surface area (TPSA) is 195 Å². The minimum Gasteiger partial charge on any atom is -0.460 e. The third-order valence-corrected chi connectivity index (χ3v) is 14.1. The normalized spacial score (nSPS) is 40.2. The molecule has 0 aromatic carbocycles. The summed E-state index contributed by atoms with van der Waals surface area (Å²) in [4.78, 5) is 71.7. The molecule has 1 aliphatic carbocycles. The Morgan fingerprint density at radius 3 is 2.25 bits per heavy atom. The number of ether oxygens (including phenoxy) is 5. The number of Topliss-reactive ketones (excluding diaryl/α,β-unsaturated/α-hetero) is 3. The van der Waals surface area contributed by atoms with E-state index < -0.39 is 83.9 Å². The zero-order valence-corrected chi connectivity index (χ0v) is 40.4. The van der Waals surface area contributed by atoms with Crippen LogP contribution in [0.15, 0.2) is 59.8 Å². The van der Waals surface area contributed by atoms with Gasteiger partial charge in [0.25, 0.3) is 11.7 Å². The van der Waals surface area contributed by atoms with Crippen LogP contribution in [0.5, 0.6) is 0 Å². The van der Waals surface area contributed by atoms with Gasteiger partial charge in [-0.05, 0) is 94.1 Å². The number of carbonyl (C=O) groups is 5. The highest BCUT2D eigenvalue weighted by Gasteiger charge is 2.52. The second kappa shape index (κ2) is 24.9. The summed E-state index contributed by atoms with van der Waals surface area (Å²) in [5.41, 5.74) is 1.23. The zero-order chi connectivity index (χ0) is 48.2. The Hall–Kier alpha value is -3.63. The molecule has 14 heteroatoms. The Labute approximate surface area is 386 Å². The average molecular weight is 912 g/mol. The Bertz CT molecular complexity index is 1800. The van der Waals surface area contributed by atoms with E-state index in [0.29, 0.717) is 44.1 Å². The van der Waals surface area contributed by atoms with Crippen molar-refractivity contribution >= 4 is 29.2 Å². The molecule has 14 nitrogen and oxygen atoms in total. The highest BCUT2D eigenvalue weighted by Crippen LogP contribution is 2.36. The molecule has 0 spiro atoms. The van der Waals surface area contributed by atoms with Crippen LogP contribution in [0.3, 0.4) is 0 Å². The minimum atomic E-state index is -2.51. The van der Waals surface area contributed by atoms with Crippen molar-refractivity contribution in [3.8, 4) is 0 Å². The molecule has 0 radical (unpaired) electrons. The fraction of sp³-hybridized carbons (Fsp3) is 0.706. The maximum atomic E-state index is 14.4. The maximum absolute atomic E-state index is 14.4. The van der Waals surface area contributed by atoms with Gasteiger partial charge < -0.3 is 43.9 Å². The Morgan fingerprint density at radius 1 is 0.846 bits per heavy atom. The van der Waals surface area contributed by atoms with E-state index in [1.54, 1.807) is 53.2 Å². The molecule has 4 rings (SSSR count). The van der Waals surface area contributed by atoms with Crippen LogP contribution in [0.2, 0.25) is 0 Å². The second-order valence-electron chi connectivity index (χ2n) is 19.2. The number of carbonyl (C=O) groups excluding carboxylic acids is 5. The first-order valence-electron chi connectivity index (χ1n) is 23.6. The van der Waals surface area contributed by atoms with Crippen molar-refractivity contribution in [3.05, 3.63) is 59.8 Å². The number of methoxy groups -OCH3 is 3. The van der Waals surface area contributed by atoms with E-state index in [9.17, 15) is 39.3 Å². The molecule has 3 N–H and O–H groups in total. The molecule has 1 amide bonds. The van der Waals surface area contributed by atoms with E-state index in [-0.39, 0.29) is 61.2 Å². The summed E-state index contributed by atoms with van der Waals surface area (Å²) in [6.45, 7) is 12.6. The van der Waals surface area contributed by atoms with Crippen LogP contribution in [-0.2, 0) is 47.7 Å². The molecule has 4 aliphatic rings. The smallest absolute Gasteiger partial charge is 0.329 e. The fourth-order valence-electron chi connectivity index (χ4n) is 9.77. The van der Waals surface area contributed by atoms with Gasteiger partial charge in [0.1, 0.15) is 30.1 Å². The van der Waals surface area contributed by atoms with Gasteiger partial charge in [-0.3, -0.25) is 19.2 Å². The Balaban J connectivity index is 1.71. The van der Waals surface area contributed by atoms with Crippen molar-refractivity contribution in [3.63, 3.8) is 0 Å². The summed E-state index contributed by atoms with van der Waals surface area (Å²) in [7, 11) is 4.49. The van der Waals surface area contributed by atoms with Gasteiger partial charge in [-0.25, -0.2) is 4.79 Å². The molecule has 364 valence electrons. The highest BCUT2D eigenvalue weighted by molar-refractivity contribution is 6.39. The number of fused-ring (bicyclic) bond motifs is 3. The van der Waals surface area contributed by atoms with E-state index in [4.69, 9.17) is 23.7 Å². The van der Waals surface area contributed by atoms with E-state index >= 15 is 0 Å². The van der Waals surface area contributed by atoms with Crippen LogP contribution in [-0.4, -0.2) is 132 Å². The van der Waals surface area contributed by atoms with Crippen molar-refractivity contribution in [2.45, 2.75) is 167 Å². The SMILES string of the molecule is CO[C@H]1C[C@@H]2C=C[C@@H](C)[C@@](O)(O2)C(=O)C(=O)N2CCCC[C@H]2C(=O)O[C@H]([C@H](C)C[C@@H]2CC[C@@H](O)[C@H](OC)C2)CC(=O)[C@H](C)/C=C(\C)[C@@H](O)[C@@H](OC)C(=O)[C@H](C)C[C@H](C)\C=C/C=C/C=C/1C. The molecule has 3 aliphatic heterocycles. The first-order chi connectivity index (χ1) is 30.7. The van der Waals surface area contributed by atoms with Gasteiger partial charge in [-0.1, -0.05) is 83.2 Å². The molecule has 0 aromatic heterocycles. The van der Waals surface area contributed by atoms with Crippen molar-refractivity contribution in [2.75, 3.05) is 27.9 Å². The number of aliphatic hydroxyl groups is 3. The first kappa shape index (κ1) is 54.0. The van der Waals surface area contributed by atoms with E-state index in [2.05, 4.69) is 0 Å². The van der Waals surface area contributed by atoms with Gasteiger partial charge in [0.05, 0.1) is 24.4 Å².